The summed E-state index contributed by atoms with van der Waals surface area (Å²) < 4.78 is 24.2. The Morgan fingerprint density at radius 1 is 0.644 bits per heavy atom. The molecule has 5 nitrogen and oxygen atoms in total. The van der Waals surface area contributed by atoms with Crippen molar-refractivity contribution >= 4 is 16.7 Å². The van der Waals surface area contributed by atoms with Gasteiger partial charge in [-0.25, -0.2) is 4.79 Å². The highest BCUT2D eigenvalue weighted by Crippen LogP contribution is 2.34. The predicted octanol–water partition coefficient (Wildman–Crippen LogP) is 9.42. The van der Waals surface area contributed by atoms with E-state index >= 15 is 0 Å². The SMILES string of the molecule is CCOC(=O)C(OCCCCCCc1cccc(OCc2ccccc2)c1OCc1ccccc1)c1cccc2ccccc12. The number of hydrogen-bond donors (Lipinski definition) is 0. The largest absolute Gasteiger partial charge is 0.485 e. The van der Waals surface area contributed by atoms with Crippen molar-refractivity contribution in [3.8, 4) is 11.5 Å². The maximum atomic E-state index is 12.9. The van der Waals surface area contributed by atoms with Crippen LogP contribution in [0.3, 0.4) is 0 Å². The fraction of sp³-hybridized carbons (Fsp3) is 0.275. The number of rotatable bonds is 17. The van der Waals surface area contributed by atoms with Gasteiger partial charge < -0.3 is 18.9 Å². The van der Waals surface area contributed by atoms with Crippen LogP contribution < -0.4 is 9.47 Å². The van der Waals surface area contributed by atoms with E-state index in [1.807, 2.05) is 97.9 Å². The summed E-state index contributed by atoms with van der Waals surface area (Å²) in [5, 5.41) is 2.09. The highest BCUT2D eigenvalue weighted by Gasteiger charge is 2.24. The van der Waals surface area contributed by atoms with Gasteiger partial charge in [-0.15, -0.1) is 0 Å². The third-order valence-corrected chi connectivity index (χ3v) is 7.76. The molecular weight excluding hydrogens is 560 g/mol. The molecule has 5 rings (SSSR count). The minimum atomic E-state index is -0.737. The zero-order valence-electron chi connectivity index (χ0n) is 26.0. The minimum Gasteiger partial charge on any atom is -0.485 e. The normalized spacial score (nSPS) is 11.7. The molecule has 0 saturated heterocycles. The number of fused-ring (bicyclic) bond motifs is 1. The minimum absolute atomic E-state index is 0.318. The van der Waals surface area contributed by atoms with Gasteiger partial charge in [0.05, 0.1) is 6.61 Å². The van der Waals surface area contributed by atoms with Gasteiger partial charge in [0.1, 0.15) is 13.2 Å². The van der Waals surface area contributed by atoms with Crippen LogP contribution in [0, 0.1) is 0 Å². The fourth-order valence-corrected chi connectivity index (χ4v) is 5.45. The molecule has 0 saturated carbocycles. The number of hydrogen-bond acceptors (Lipinski definition) is 5. The Morgan fingerprint density at radius 2 is 1.29 bits per heavy atom. The van der Waals surface area contributed by atoms with Gasteiger partial charge in [0.15, 0.2) is 17.6 Å². The van der Waals surface area contributed by atoms with Crippen molar-refractivity contribution in [1.29, 1.82) is 0 Å². The second-order valence-electron chi connectivity index (χ2n) is 11.0. The van der Waals surface area contributed by atoms with Gasteiger partial charge in [0.25, 0.3) is 0 Å². The predicted molar refractivity (Wildman–Crippen MR) is 179 cm³/mol. The number of ether oxygens (including phenoxy) is 4. The Hall–Kier alpha value is -4.61. The van der Waals surface area contributed by atoms with Gasteiger partial charge in [-0.3, -0.25) is 0 Å². The summed E-state index contributed by atoms with van der Waals surface area (Å²) in [5.74, 6) is 1.23. The molecule has 0 bridgehead atoms. The molecule has 0 aliphatic heterocycles. The maximum Gasteiger partial charge on any atom is 0.339 e. The monoisotopic (exact) mass is 602 g/mol. The summed E-state index contributed by atoms with van der Waals surface area (Å²) in [4.78, 5) is 12.9. The molecule has 1 unspecified atom stereocenters. The molecule has 0 aliphatic rings. The summed E-state index contributed by atoms with van der Waals surface area (Å²) in [5.41, 5.74) is 4.23. The van der Waals surface area contributed by atoms with E-state index in [0.29, 0.717) is 26.4 Å². The molecule has 0 heterocycles. The molecule has 5 aromatic rings. The second-order valence-corrected chi connectivity index (χ2v) is 11.0. The first kappa shape index (κ1) is 31.8. The van der Waals surface area contributed by atoms with Crippen LogP contribution >= 0.6 is 0 Å². The van der Waals surface area contributed by atoms with Gasteiger partial charge in [-0.05, 0) is 65.3 Å². The number of carbonyl (C=O) groups excluding carboxylic acids is 1. The Bertz CT molecular complexity index is 1610. The van der Waals surface area contributed by atoms with Gasteiger partial charge >= 0.3 is 5.97 Å². The van der Waals surface area contributed by atoms with Crippen molar-refractivity contribution in [2.75, 3.05) is 13.2 Å². The van der Waals surface area contributed by atoms with E-state index in [1.54, 1.807) is 0 Å². The van der Waals surface area contributed by atoms with Crippen LogP contribution in [0.15, 0.2) is 121 Å². The lowest BCUT2D eigenvalue weighted by Gasteiger charge is -2.19. The molecular formula is C40H42O5. The zero-order chi connectivity index (χ0) is 31.1. The zero-order valence-corrected chi connectivity index (χ0v) is 26.0. The number of carbonyl (C=O) groups is 1. The Kier molecular flexibility index (Phi) is 12.0. The van der Waals surface area contributed by atoms with Crippen molar-refractivity contribution in [2.45, 2.75) is 58.3 Å². The molecule has 0 amide bonds. The molecule has 1 atom stereocenters. The maximum absolute atomic E-state index is 12.9. The van der Waals surface area contributed by atoms with Crippen molar-refractivity contribution in [2.24, 2.45) is 0 Å². The molecule has 0 fully saturated rings. The van der Waals surface area contributed by atoms with Crippen molar-refractivity contribution < 1.29 is 23.7 Å². The van der Waals surface area contributed by atoms with E-state index in [9.17, 15) is 4.79 Å². The van der Waals surface area contributed by atoms with Crippen LogP contribution in [0.4, 0.5) is 0 Å². The summed E-state index contributed by atoms with van der Waals surface area (Å²) >= 11 is 0. The highest BCUT2D eigenvalue weighted by molar-refractivity contribution is 5.90. The van der Waals surface area contributed by atoms with Gasteiger partial charge in [-0.1, -0.05) is 128 Å². The highest BCUT2D eigenvalue weighted by atomic mass is 16.6. The van der Waals surface area contributed by atoms with E-state index in [1.165, 1.54) is 0 Å². The summed E-state index contributed by atoms with van der Waals surface area (Å²) in [6.07, 6.45) is 4.05. The average molecular weight is 603 g/mol. The lowest BCUT2D eigenvalue weighted by atomic mass is 10.0. The average Bonchev–Trinajstić information content (AvgIpc) is 3.09. The van der Waals surface area contributed by atoms with Gasteiger partial charge in [0.2, 0.25) is 0 Å². The summed E-state index contributed by atoms with van der Waals surface area (Å²) in [6.45, 7) is 3.59. The number of benzene rings is 5. The van der Waals surface area contributed by atoms with Crippen LogP contribution in [0.5, 0.6) is 11.5 Å². The second kappa shape index (κ2) is 17.0. The first-order valence-corrected chi connectivity index (χ1v) is 15.9. The van der Waals surface area contributed by atoms with E-state index in [4.69, 9.17) is 18.9 Å². The van der Waals surface area contributed by atoms with Crippen molar-refractivity contribution in [3.63, 3.8) is 0 Å². The topological polar surface area (TPSA) is 54.0 Å². The molecule has 0 aliphatic carbocycles. The van der Waals surface area contributed by atoms with E-state index in [0.717, 1.165) is 76.6 Å². The molecule has 0 spiro atoms. The number of unbranched alkanes of at least 4 members (excludes halogenated alkanes) is 3. The molecule has 0 N–H and O–H groups in total. The smallest absolute Gasteiger partial charge is 0.339 e. The van der Waals surface area contributed by atoms with Crippen LogP contribution in [-0.2, 0) is 33.9 Å². The molecule has 0 radical (unpaired) electrons. The molecule has 5 aromatic carbocycles. The van der Waals surface area contributed by atoms with E-state index < -0.39 is 6.10 Å². The quantitative estimate of drug-likeness (QED) is 0.0784. The summed E-state index contributed by atoms with van der Waals surface area (Å²) in [6, 6.07) is 40.6. The van der Waals surface area contributed by atoms with Crippen LogP contribution in [0.1, 0.15) is 61.0 Å². The molecule has 5 heteroatoms. The fourth-order valence-electron chi connectivity index (χ4n) is 5.45. The Balaban J connectivity index is 1.16. The third-order valence-electron chi connectivity index (χ3n) is 7.76. The first-order valence-electron chi connectivity index (χ1n) is 15.9. The third kappa shape index (κ3) is 9.19. The Morgan fingerprint density at radius 3 is 2.04 bits per heavy atom. The number of esters is 1. The van der Waals surface area contributed by atoms with Gasteiger partial charge in [-0.2, -0.15) is 0 Å². The van der Waals surface area contributed by atoms with Crippen LogP contribution in [-0.4, -0.2) is 19.2 Å². The van der Waals surface area contributed by atoms with Crippen molar-refractivity contribution in [3.05, 3.63) is 144 Å². The molecule has 45 heavy (non-hydrogen) atoms. The Labute approximate surface area is 266 Å². The molecule has 232 valence electrons. The lowest BCUT2D eigenvalue weighted by molar-refractivity contribution is -0.157. The number of aryl methyl sites for hydroxylation is 1. The van der Waals surface area contributed by atoms with E-state index in [-0.39, 0.29) is 5.97 Å². The molecule has 0 aromatic heterocycles. The first-order chi connectivity index (χ1) is 22.2. The van der Waals surface area contributed by atoms with Crippen LogP contribution in [0.25, 0.3) is 10.8 Å². The van der Waals surface area contributed by atoms with E-state index in [2.05, 4.69) is 30.3 Å². The van der Waals surface area contributed by atoms with Crippen molar-refractivity contribution in [1.82, 2.24) is 0 Å². The summed E-state index contributed by atoms with van der Waals surface area (Å²) in [7, 11) is 0. The van der Waals surface area contributed by atoms with Gasteiger partial charge in [0, 0.05) is 6.61 Å². The lowest BCUT2D eigenvalue weighted by Crippen LogP contribution is -2.20. The van der Waals surface area contributed by atoms with Crippen LogP contribution in [0.2, 0.25) is 0 Å². The standard InChI is InChI=1S/C40H42O5/c1-2-42-40(41)39(36-26-15-23-33-21-12-13-25-35(33)36)43-28-14-4-3-11-22-34-24-16-27-37(44-29-31-17-7-5-8-18-31)38(34)45-30-32-19-9-6-10-20-32/h5-10,12-13,15-21,23-27,39H,2-4,11,14,22,28-30H2,1H3. The number of para-hydroxylation sites is 1.